The molecule has 0 saturated carbocycles. The molecule has 1 aliphatic heterocycles. The molecule has 0 bridgehead atoms. The number of H-pyrrole nitrogens is 1. The van der Waals surface area contributed by atoms with Gasteiger partial charge in [0.1, 0.15) is 6.04 Å². The fraction of sp³-hybridized carbons (Fsp3) is 0.308. The highest BCUT2D eigenvalue weighted by Gasteiger charge is 2.34. The van der Waals surface area contributed by atoms with Crippen LogP contribution in [0.2, 0.25) is 0 Å². The Labute approximate surface area is 109 Å². The lowest BCUT2D eigenvalue weighted by atomic mass is 10.1. The Hall–Kier alpha value is -2.37. The predicted octanol–water partition coefficient (Wildman–Crippen LogP) is 1.25. The average Bonchev–Trinajstić information content (AvgIpc) is 3.05. The van der Waals surface area contributed by atoms with Crippen molar-refractivity contribution in [3.8, 4) is 0 Å². The molecule has 0 aliphatic carbocycles. The minimum Gasteiger partial charge on any atom is -0.480 e. The van der Waals surface area contributed by atoms with Gasteiger partial charge in [0.15, 0.2) is 0 Å². The molecule has 1 aliphatic rings. The second kappa shape index (κ2) is 4.38. The number of carboxylic acids is 1. The van der Waals surface area contributed by atoms with Gasteiger partial charge in [-0.15, -0.1) is 0 Å². The summed E-state index contributed by atoms with van der Waals surface area (Å²) in [5, 5.41) is 16.7. The second-order valence-corrected chi connectivity index (χ2v) is 4.67. The van der Waals surface area contributed by atoms with E-state index in [-0.39, 0.29) is 5.91 Å². The van der Waals surface area contributed by atoms with Gasteiger partial charge in [0.2, 0.25) is 0 Å². The Morgan fingerprint density at radius 3 is 3.05 bits per heavy atom. The number of rotatable bonds is 2. The summed E-state index contributed by atoms with van der Waals surface area (Å²) < 4.78 is 0. The second-order valence-electron chi connectivity index (χ2n) is 4.67. The number of aromatic amines is 1. The van der Waals surface area contributed by atoms with Gasteiger partial charge in [-0.3, -0.25) is 9.89 Å². The third-order valence-corrected chi connectivity index (χ3v) is 3.49. The van der Waals surface area contributed by atoms with Crippen LogP contribution in [0.25, 0.3) is 10.9 Å². The van der Waals surface area contributed by atoms with Crippen molar-refractivity contribution in [1.29, 1.82) is 0 Å². The van der Waals surface area contributed by atoms with Gasteiger partial charge in [-0.25, -0.2) is 4.79 Å². The highest BCUT2D eigenvalue weighted by molar-refractivity contribution is 5.99. The fourth-order valence-electron chi connectivity index (χ4n) is 2.51. The van der Waals surface area contributed by atoms with Crippen LogP contribution in [0.5, 0.6) is 0 Å². The molecule has 0 unspecified atom stereocenters. The highest BCUT2D eigenvalue weighted by atomic mass is 16.4. The van der Waals surface area contributed by atoms with E-state index >= 15 is 0 Å². The van der Waals surface area contributed by atoms with E-state index in [1.807, 2.05) is 0 Å². The predicted molar refractivity (Wildman–Crippen MR) is 67.8 cm³/mol. The van der Waals surface area contributed by atoms with E-state index < -0.39 is 12.0 Å². The number of benzene rings is 1. The number of nitrogens with one attached hydrogen (secondary N) is 1. The number of aliphatic carboxylic acids is 1. The number of carboxylic acid groups (broad SMARTS) is 1. The molecule has 19 heavy (non-hydrogen) atoms. The number of hydrogen-bond donors (Lipinski definition) is 2. The SMILES string of the molecule is O=C(O)[C@@H]1CCCN1C(=O)c1ccc2[nH]ncc2c1. The van der Waals surface area contributed by atoms with Gasteiger partial charge in [-0.05, 0) is 31.0 Å². The van der Waals surface area contributed by atoms with Crippen LogP contribution in [0.1, 0.15) is 23.2 Å². The van der Waals surface area contributed by atoms with Crippen LogP contribution in [-0.4, -0.2) is 44.7 Å². The maximum atomic E-state index is 12.4. The number of fused-ring (bicyclic) bond motifs is 1. The van der Waals surface area contributed by atoms with Gasteiger partial charge in [-0.1, -0.05) is 0 Å². The number of carbonyl (C=O) groups excluding carboxylic acids is 1. The number of carbonyl (C=O) groups is 2. The number of aromatic nitrogens is 2. The van der Waals surface area contributed by atoms with Crippen LogP contribution in [0.4, 0.5) is 0 Å². The molecule has 1 aromatic heterocycles. The lowest BCUT2D eigenvalue weighted by molar-refractivity contribution is -0.141. The molecular weight excluding hydrogens is 246 g/mol. The first-order valence-electron chi connectivity index (χ1n) is 6.14. The Morgan fingerprint density at radius 1 is 1.42 bits per heavy atom. The third kappa shape index (κ3) is 1.95. The van der Waals surface area contributed by atoms with Gasteiger partial charge in [0.05, 0.1) is 11.7 Å². The number of nitrogens with zero attached hydrogens (tertiary/aromatic N) is 2. The van der Waals surface area contributed by atoms with E-state index in [0.717, 1.165) is 17.3 Å². The van der Waals surface area contributed by atoms with E-state index in [1.165, 1.54) is 4.90 Å². The molecule has 1 aromatic carbocycles. The van der Waals surface area contributed by atoms with Crippen LogP contribution < -0.4 is 0 Å². The van der Waals surface area contributed by atoms with E-state index in [0.29, 0.717) is 18.5 Å². The van der Waals surface area contributed by atoms with Crippen LogP contribution in [0.3, 0.4) is 0 Å². The van der Waals surface area contributed by atoms with E-state index in [4.69, 9.17) is 5.11 Å². The standard InChI is InChI=1S/C13H13N3O3/c17-12(16-5-1-2-11(16)13(18)19)8-3-4-10-9(6-8)7-14-15-10/h3-4,6-7,11H,1-2,5H2,(H,14,15)(H,18,19)/t11-/m0/s1. The minimum atomic E-state index is -0.935. The van der Waals surface area contributed by atoms with Gasteiger partial charge < -0.3 is 10.0 Å². The van der Waals surface area contributed by atoms with Gasteiger partial charge >= 0.3 is 5.97 Å². The number of hydrogen-bond acceptors (Lipinski definition) is 3. The Balaban J connectivity index is 1.92. The molecule has 6 heteroatoms. The van der Waals surface area contributed by atoms with E-state index in [2.05, 4.69) is 10.2 Å². The normalized spacial score (nSPS) is 18.9. The minimum absolute atomic E-state index is 0.229. The summed E-state index contributed by atoms with van der Waals surface area (Å²) in [5.41, 5.74) is 1.36. The Morgan fingerprint density at radius 2 is 2.26 bits per heavy atom. The van der Waals surface area contributed by atoms with E-state index in [1.54, 1.807) is 24.4 Å². The van der Waals surface area contributed by atoms with Gasteiger partial charge in [-0.2, -0.15) is 5.10 Å². The zero-order valence-corrected chi connectivity index (χ0v) is 10.2. The Bertz CT molecular complexity index is 649. The highest BCUT2D eigenvalue weighted by Crippen LogP contribution is 2.22. The fourth-order valence-corrected chi connectivity index (χ4v) is 2.51. The van der Waals surface area contributed by atoms with Crippen molar-refractivity contribution < 1.29 is 14.7 Å². The quantitative estimate of drug-likeness (QED) is 0.849. The monoisotopic (exact) mass is 259 g/mol. The summed E-state index contributed by atoms with van der Waals surface area (Å²) in [5.74, 6) is -1.16. The molecule has 1 fully saturated rings. The Kier molecular flexibility index (Phi) is 2.70. The molecule has 98 valence electrons. The number of amides is 1. The smallest absolute Gasteiger partial charge is 0.326 e. The molecule has 1 amide bonds. The summed E-state index contributed by atoms with van der Waals surface area (Å²) in [6, 6.07) is 4.51. The van der Waals surface area contributed by atoms with Crippen molar-refractivity contribution in [2.45, 2.75) is 18.9 Å². The molecular formula is C13H13N3O3. The maximum absolute atomic E-state index is 12.4. The van der Waals surface area contributed by atoms with Crippen molar-refractivity contribution in [1.82, 2.24) is 15.1 Å². The third-order valence-electron chi connectivity index (χ3n) is 3.49. The first-order valence-corrected chi connectivity index (χ1v) is 6.14. The largest absolute Gasteiger partial charge is 0.480 e. The van der Waals surface area contributed by atoms with Crippen LogP contribution in [-0.2, 0) is 4.79 Å². The summed E-state index contributed by atoms with van der Waals surface area (Å²) in [4.78, 5) is 24.9. The lowest BCUT2D eigenvalue weighted by Crippen LogP contribution is -2.40. The molecule has 0 spiro atoms. The molecule has 2 N–H and O–H groups in total. The van der Waals surface area contributed by atoms with Crippen molar-refractivity contribution in [3.63, 3.8) is 0 Å². The van der Waals surface area contributed by atoms with Crippen LogP contribution in [0.15, 0.2) is 24.4 Å². The molecule has 6 nitrogen and oxygen atoms in total. The zero-order valence-electron chi connectivity index (χ0n) is 10.2. The summed E-state index contributed by atoms with van der Waals surface area (Å²) in [6.45, 7) is 0.499. The molecule has 2 aromatic rings. The van der Waals surface area contributed by atoms with Crippen molar-refractivity contribution >= 4 is 22.8 Å². The topological polar surface area (TPSA) is 86.3 Å². The molecule has 2 heterocycles. The van der Waals surface area contributed by atoms with Crippen molar-refractivity contribution in [2.24, 2.45) is 0 Å². The number of likely N-dealkylation sites (tertiary alicyclic amines) is 1. The molecule has 1 atom stereocenters. The summed E-state index contributed by atoms with van der Waals surface area (Å²) >= 11 is 0. The summed E-state index contributed by atoms with van der Waals surface area (Å²) in [7, 11) is 0. The van der Waals surface area contributed by atoms with Crippen molar-refractivity contribution in [3.05, 3.63) is 30.0 Å². The maximum Gasteiger partial charge on any atom is 0.326 e. The molecule has 1 saturated heterocycles. The van der Waals surface area contributed by atoms with Gasteiger partial charge in [0.25, 0.3) is 5.91 Å². The average molecular weight is 259 g/mol. The molecule has 3 rings (SSSR count). The first-order chi connectivity index (χ1) is 9.16. The van der Waals surface area contributed by atoms with Crippen LogP contribution in [0, 0.1) is 0 Å². The van der Waals surface area contributed by atoms with Crippen molar-refractivity contribution in [2.75, 3.05) is 6.54 Å². The van der Waals surface area contributed by atoms with Gasteiger partial charge in [0, 0.05) is 17.5 Å². The lowest BCUT2D eigenvalue weighted by Gasteiger charge is -2.21. The van der Waals surface area contributed by atoms with E-state index in [9.17, 15) is 9.59 Å². The summed E-state index contributed by atoms with van der Waals surface area (Å²) in [6.07, 6.45) is 2.90. The van der Waals surface area contributed by atoms with Crippen LogP contribution >= 0.6 is 0 Å². The molecule has 0 radical (unpaired) electrons. The first kappa shape index (κ1) is 11.7. The zero-order chi connectivity index (χ0) is 13.4.